The highest BCUT2D eigenvalue weighted by Crippen LogP contribution is 2.49. The van der Waals surface area contributed by atoms with Crippen molar-refractivity contribution in [3.05, 3.63) is 217 Å². The fourth-order valence-corrected chi connectivity index (χ4v) is 10.5. The fraction of sp³-hybridized carbons (Fsp3) is 0.161. The number of benzene rings is 9. The third kappa shape index (κ3) is 7.18. The van der Waals surface area contributed by atoms with Crippen LogP contribution < -0.4 is 4.90 Å². The Morgan fingerprint density at radius 1 is 0.453 bits per heavy atom. The van der Waals surface area contributed by atoms with Crippen LogP contribution in [0.1, 0.15) is 69.9 Å². The predicted molar refractivity (Wildman–Crippen MR) is 274 cm³/mol. The van der Waals surface area contributed by atoms with Gasteiger partial charge in [0.15, 0.2) is 0 Å². The van der Waals surface area contributed by atoms with Gasteiger partial charge < -0.3 is 9.47 Å². The Kier molecular flexibility index (Phi) is 10.2. The van der Waals surface area contributed by atoms with E-state index in [0.717, 1.165) is 5.69 Å². The SMILES string of the molecule is CC(C)(C)c1ccc(-c2ccccc2)c(N(c2ccc(-c3ccc4c(c3)c3ccccc3n4-c3ccccc3)cc2)c2ccccc2-c2cccc3cccc(C4CCCCC4)c23)c1. The van der Waals surface area contributed by atoms with Crippen LogP contribution >= 0.6 is 0 Å². The molecule has 64 heavy (non-hydrogen) atoms. The van der Waals surface area contributed by atoms with E-state index in [4.69, 9.17) is 0 Å². The molecule has 1 aliphatic rings. The highest BCUT2D eigenvalue weighted by atomic mass is 15.1. The third-order valence-corrected chi connectivity index (χ3v) is 13.8. The first kappa shape index (κ1) is 39.7. The molecule has 0 radical (unpaired) electrons. The summed E-state index contributed by atoms with van der Waals surface area (Å²) in [5, 5.41) is 5.23. The van der Waals surface area contributed by atoms with Gasteiger partial charge in [-0.1, -0.05) is 192 Å². The van der Waals surface area contributed by atoms with Gasteiger partial charge in [0, 0.05) is 33.3 Å². The smallest absolute Gasteiger partial charge is 0.0543 e. The Balaban J connectivity index is 1.11. The molecule has 1 aromatic heterocycles. The average molecular weight is 827 g/mol. The maximum absolute atomic E-state index is 2.54. The minimum atomic E-state index is -0.0498. The first-order valence-electron chi connectivity index (χ1n) is 23.2. The van der Waals surface area contributed by atoms with Crippen LogP contribution in [0.5, 0.6) is 0 Å². The molecule has 2 heteroatoms. The molecule has 0 atom stereocenters. The molecule has 0 spiro atoms. The molecule has 11 rings (SSSR count). The molecule has 0 unspecified atom stereocenters. The van der Waals surface area contributed by atoms with Crippen molar-refractivity contribution in [3.63, 3.8) is 0 Å². The van der Waals surface area contributed by atoms with Crippen molar-refractivity contribution in [3.8, 4) is 39.1 Å². The van der Waals surface area contributed by atoms with E-state index in [9.17, 15) is 0 Å². The molecular formula is C62H54N2. The zero-order chi connectivity index (χ0) is 43.2. The van der Waals surface area contributed by atoms with Gasteiger partial charge in [-0.2, -0.15) is 0 Å². The van der Waals surface area contributed by atoms with Crippen molar-refractivity contribution in [2.45, 2.75) is 64.2 Å². The summed E-state index contributed by atoms with van der Waals surface area (Å²) in [4.78, 5) is 2.54. The molecule has 0 amide bonds. The van der Waals surface area contributed by atoms with E-state index in [1.165, 1.54) is 126 Å². The molecule has 9 aromatic carbocycles. The summed E-state index contributed by atoms with van der Waals surface area (Å²) in [7, 11) is 0. The Morgan fingerprint density at radius 3 is 1.89 bits per heavy atom. The first-order chi connectivity index (χ1) is 31.4. The normalized spacial score (nSPS) is 13.5. The van der Waals surface area contributed by atoms with Crippen LogP contribution in [0.4, 0.5) is 17.1 Å². The monoisotopic (exact) mass is 826 g/mol. The number of rotatable bonds is 8. The predicted octanol–water partition coefficient (Wildman–Crippen LogP) is 17.8. The molecule has 0 bridgehead atoms. The van der Waals surface area contributed by atoms with Crippen molar-refractivity contribution in [1.29, 1.82) is 0 Å². The van der Waals surface area contributed by atoms with Crippen molar-refractivity contribution in [2.75, 3.05) is 4.90 Å². The molecule has 0 aliphatic heterocycles. The largest absolute Gasteiger partial charge is 0.309 e. The second-order valence-corrected chi connectivity index (χ2v) is 18.8. The van der Waals surface area contributed by atoms with Crippen LogP contribution in [0, 0.1) is 0 Å². The Morgan fingerprint density at radius 2 is 1.11 bits per heavy atom. The van der Waals surface area contributed by atoms with Gasteiger partial charge in [0.1, 0.15) is 0 Å². The van der Waals surface area contributed by atoms with E-state index in [2.05, 4.69) is 236 Å². The second kappa shape index (κ2) is 16.5. The molecule has 1 heterocycles. The van der Waals surface area contributed by atoms with Gasteiger partial charge in [0.2, 0.25) is 0 Å². The second-order valence-electron chi connectivity index (χ2n) is 18.8. The molecule has 0 saturated heterocycles. The highest BCUT2D eigenvalue weighted by Gasteiger charge is 2.26. The number of aromatic nitrogens is 1. The minimum Gasteiger partial charge on any atom is -0.309 e. The molecule has 10 aromatic rings. The minimum absolute atomic E-state index is 0.0498. The van der Waals surface area contributed by atoms with Gasteiger partial charge in [-0.05, 0) is 123 Å². The van der Waals surface area contributed by atoms with Crippen LogP contribution in [0.2, 0.25) is 0 Å². The van der Waals surface area contributed by atoms with Crippen LogP contribution in [0.3, 0.4) is 0 Å². The molecule has 0 N–H and O–H groups in total. The fourth-order valence-electron chi connectivity index (χ4n) is 10.5. The lowest BCUT2D eigenvalue weighted by atomic mass is 9.80. The average Bonchev–Trinajstić information content (AvgIpc) is 3.68. The summed E-state index contributed by atoms with van der Waals surface area (Å²) < 4.78 is 2.39. The topological polar surface area (TPSA) is 8.17 Å². The molecule has 1 fully saturated rings. The zero-order valence-electron chi connectivity index (χ0n) is 37.1. The van der Waals surface area contributed by atoms with Gasteiger partial charge >= 0.3 is 0 Å². The first-order valence-corrected chi connectivity index (χ1v) is 23.2. The van der Waals surface area contributed by atoms with Gasteiger partial charge in [-0.25, -0.2) is 0 Å². The van der Waals surface area contributed by atoms with Crippen LogP contribution in [0.25, 0.3) is 71.6 Å². The number of nitrogens with zero attached hydrogens (tertiary/aromatic N) is 2. The van der Waals surface area contributed by atoms with Gasteiger partial charge in [-0.3, -0.25) is 0 Å². The standard InChI is InChI=1S/C62H54N2/c1-62(2,3)48-36-39-51(44-19-7-4-8-20-44)60(42-48)64(57-31-15-13-27-53(57)55-30-18-24-46-23-17-29-52(61(46)55)45-21-9-5-10-22-45)50-37-33-43(34-38-50)47-35-40-59-56(41-47)54-28-14-16-32-58(54)63(59)49-25-11-6-12-26-49/h4,6-8,11-20,23-42,45H,5,9-10,21-22H2,1-3H3. The van der Waals surface area contributed by atoms with E-state index >= 15 is 0 Å². The lowest BCUT2D eigenvalue weighted by Crippen LogP contribution is -2.16. The number of hydrogen-bond acceptors (Lipinski definition) is 1. The summed E-state index contributed by atoms with van der Waals surface area (Å²) in [6, 6.07) is 76.8. The zero-order valence-corrected chi connectivity index (χ0v) is 37.1. The van der Waals surface area contributed by atoms with E-state index in [0.29, 0.717) is 5.92 Å². The molecule has 312 valence electrons. The van der Waals surface area contributed by atoms with Crippen LogP contribution in [-0.2, 0) is 5.41 Å². The maximum atomic E-state index is 2.54. The summed E-state index contributed by atoms with van der Waals surface area (Å²) in [6.45, 7) is 6.95. The number of anilines is 3. The summed E-state index contributed by atoms with van der Waals surface area (Å²) in [5.74, 6) is 0.580. The van der Waals surface area contributed by atoms with Crippen LogP contribution in [0.15, 0.2) is 206 Å². The van der Waals surface area contributed by atoms with E-state index in [1.54, 1.807) is 0 Å². The molecule has 1 aliphatic carbocycles. The lowest BCUT2D eigenvalue weighted by Gasteiger charge is -2.32. The van der Waals surface area contributed by atoms with Gasteiger partial charge in [0.05, 0.1) is 22.4 Å². The Bertz CT molecular complexity index is 3270. The maximum Gasteiger partial charge on any atom is 0.0543 e. The molecular weight excluding hydrogens is 773 g/mol. The summed E-state index contributed by atoms with van der Waals surface area (Å²) >= 11 is 0. The number of hydrogen-bond donors (Lipinski definition) is 0. The highest BCUT2D eigenvalue weighted by molar-refractivity contribution is 6.10. The summed E-state index contributed by atoms with van der Waals surface area (Å²) in [5.41, 5.74) is 17.1. The molecule has 2 nitrogen and oxygen atoms in total. The Hall–Kier alpha value is -7.16. The Labute approximate surface area is 378 Å². The lowest BCUT2D eigenvalue weighted by molar-refractivity contribution is 0.445. The third-order valence-electron chi connectivity index (χ3n) is 13.8. The van der Waals surface area contributed by atoms with E-state index in [-0.39, 0.29) is 5.41 Å². The van der Waals surface area contributed by atoms with E-state index < -0.39 is 0 Å². The van der Waals surface area contributed by atoms with Crippen LogP contribution in [-0.4, -0.2) is 4.57 Å². The quantitative estimate of drug-likeness (QED) is 0.148. The van der Waals surface area contributed by atoms with Crippen molar-refractivity contribution >= 4 is 49.6 Å². The van der Waals surface area contributed by atoms with Crippen molar-refractivity contribution < 1.29 is 0 Å². The summed E-state index contributed by atoms with van der Waals surface area (Å²) in [6.07, 6.45) is 6.47. The number of fused-ring (bicyclic) bond motifs is 4. The van der Waals surface area contributed by atoms with Gasteiger partial charge in [0.25, 0.3) is 0 Å². The number of para-hydroxylation sites is 3. The van der Waals surface area contributed by atoms with Crippen molar-refractivity contribution in [1.82, 2.24) is 4.57 Å². The van der Waals surface area contributed by atoms with Crippen molar-refractivity contribution in [2.24, 2.45) is 0 Å². The van der Waals surface area contributed by atoms with E-state index in [1.807, 2.05) is 0 Å². The van der Waals surface area contributed by atoms with Gasteiger partial charge in [-0.15, -0.1) is 0 Å². The molecule has 1 saturated carbocycles.